The molecule has 116 valence electrons. The minimum absolute atomic E-state index is 0.0922. The van der Waals surface area contributed by atoms with Gasteiger partial charge in [-0.2, -0.15) is 0 Å². The molecule has 1 aromatic heterocycles. The Morgan fingerprint density at radius 2 is 2.09 bits per heavy atom. The molecule has 1 atom stereocenters. The number of halogens is 2. The number of rotatable bonds is 6. The Bertz CT molecular complexity index is 634. The Labute approximate surface area is 143 Å². The van der Waals surface area contributed by atoms with Crippen LogP contribution in [0.2, 0.25) is 5.15 Å². The molecular formula is C16H18BrClN3O+. The fourth-order valence-electron chi connectivity index (χ4n) is 2.18. The zero-order chi connectivity index (χ0) is 15.9. The summed E-state index contributed by atoms with van der Waals surface area (Å²) in [5.41, 5.74) is 1.75. The highest BCUT2D eigenvalue weighted by molar-refractivity contribution is 9.10. The number of nitrogens with zero attached hydrogens (tertiary/aromatic N) is 1. The van der Waals surface area contributed by atoms with Crippen LogP contribution < -0.4 is 10.6 Å². The van der Waals surface area contributed by atoms with E-state index in [4.69, 9.17) is 11.6 Å². The molecule has 22 heavy (non-hydrogen) atoms. The van der Waals surface area contributed by atoms with E-state index in [1.54, 1.807) is 18.3 Å². The van der Waals surface area contributed by atoms with Crippen molar-refractivity contribution >= 4 is 39.1 Å². The summed E-state index contributed by atoms with van der Waals surface area (Å²) in [6, 6.07) is 11.9. The highest BCUT2D eigenvalue weighted by atomic mass is 79.9. The number of benzene rings is 1. The Balaban J connectivity index is 1.91. The van der Waals surface area contributed by atoms with Gasteiger partial charge in [0.2, 0.25) is 0 Å². The van der Waals surface area contributed by atoms with E-state index in [0.29, 0.717) is 17.4 Å². The second-order valence-electron chi connectivity index (χ2n) is 4.90. The van der Waals surface area contributed by atoms with E-state index < -0.39 is 0 Å². The molecule has 0 fully saturated rings. The van der Waals surface area contributed by atoms with Crippen LogP contribution in [0.5, 0.6) is 0 Å². The normalized spacial score (nSPS) is 12.0. The first-order chi connectivity index (χ1) is 10.6. The summed E-state index contributed by atoms with van der Waals surface area (Å²) in [6.45, 7) is 2.44. The third-order valence-corrected chi connectivity index (χ3v) is 4.19. The SMILES string of the molecule is CC[C@H]([NH2+]CC(=O)Nc1cccnc1Cl)c1ccc(Br)cc1. The lowest BCUT2D eigenvalue weighted by molar-refractivity contribution is -0.686. The van der Waals surface area contributed by atoms with Crippen LogP contribution in [-0.2, 0) is 4.79 Å². The fourth-order valence-corrected chi connectivity index (χ4v) is 2.61. The molecule has 0 unspecified atom stereocenters. The molecule has 4 nitrogen and oxygen atoms in total. The highest BCUT2D eigenvalue weighted by Crippen LogP contribution is 2.18. The first-order valence-corrected chi connectivity index (χ1v) is 8.26. The minimum atomic E-state index is -0.0922. The zero-order valence-electron chi connectivity index (χ0n) is 12.2. The molecule has 1 aromatic carbocycles. The van der Waals surface area contributed by atoms with Crippen molar-refractivity contribution in [2.45, 2.75) is 19.4 Å². The van der Waals surface area contributed by atoms with E-state index in [2.05, 4.69) is 45.3 Å². The van der Waals surface area contributed by atoms with Gasteiger partial charge in [0, 0.05) is 22.7 Å². The van der Waals surface area contributed by atoms with Crippen LogP contribution in [0, 0.1) is 0 Å². The van der Waals surface area contributed by atoms with Crippen LogP contribution in [0.15, 0.2) is 47.1 Å². The molecule has 0 aliphatic carbocycles. The molecule has 2 rings (SSSR count). The van der Waals surface area contributed by atoms with Gasteiger partial charge in [-0.25, -0.2) is 4.98 Å². The van der Waals surface area contributed by atoms with Crippen molar-refractivity contribution in [3.63, 3.8) is 0 Å². The van der Waals surface area contributed by atoms with Crippen molar-refractivity contribution in [3.05, 3.63) is 57.8 Å². The standard InChI is InChI=1S/C16H17BrClN3O/c1-2-13(11-5-7-12(17)8-6-11)20-10-15(22)21-14-4-3-9-19-16(14)18/h3-9,13,20H,2,10H2,1H3,(H,21,22)/p+1/t13-/m0/s1. The number of hydrogen-bond donors (Lipinski definition) is 2. The number of nitrogens with one attached hydrogen (secondary N) is 1. The van der Waals surface area contributed by atoms with E-state index in [9.17, 15) is 4.79 Å². The number of pyridine rings is 1. The van der Waals surface area contributed by atoms with Crippen LogP contribution >= 0.6 is 27.5 Å². The monoisotopic (exact) mass is 382 g/mol. The minimum Gasteiger partial charge on any atom is -0.332 e. The van der Waals surface area contributed by atoms with Gasteiger partial charge in [-0.05, 0) is 24.3 Å². The number of anilines is 1. The first-order valence-electron chi connectivity index (χ1n) is 7.09. The van der Waals surface area contributed by atoms with Gasteiger partial charge in [0.05, 0.1) is 5.69 Å². The predicted molar refractivity (Wildman–Crippen MR) is 91.8 cm³/mol. The van der Waals surface area contributed by atoms with Crippen molar-refractivity contribution in [1.29, 1.82) is 0 Å². The first kappa shape index (κ1) is 16.9. The number of nitrogens with two attached hydrogens (primary N) is 1. The highest BCUT2D eigenvalue weighted by Gasteiger charge is 2.15. The maximum atomic E-state index is 12.0. The van der Waals surface area contributed by atoms with E-state index >= 15 is 0 Å². The lowest BCUT2D eigenvalue weighted by Crippen LogP contribution is -2.87. The topological polar surface area (TPSA) is 58.6 Å². The number of carbonyl (C=O) groups excluding carboxylic acids is 1. The Hall–Kier alpha value is -1.43. The van der Waals surface area contributed by atoms with Crippen molar-refractivity contribution in [2.24, 2.45) is 0 Å². The summed E-state index contributed by atoms with van der Waals surface area (Å²) in [5, 5.41) is 5.11. The number of carbonyl (C=O) groups is 1. The molecule has 0 bridgehead atoms. The molecule has 3 N–H and O–H groups in total. The van der Waals surface area contributed by atoms with Crippen molar-refractivity contribution in [3.8, 4) is 0 Å². The number of amides is 1. The lowest BCUT2D eigenvalue weighted by atomic mass is 10.0. The summed E-state index contributed by atoms with van der Waals surface area (Å²) in [7, 11) is 0. The van der Waals surface area contributed by atoms with Crippen molar-refractivity contribution < 1.29 is 10.1 Å². The molecule has 2 aromatic rings. The number of quaternary nitrogens is 1. The van der Waals surface area contributed by atoms with Gasteiger partial charge in [-0.1, -0.05) is 46.6 Å². The summed E-state index contributed by atoms with van der Waals surface area (Å²) < 4.78 is 1.05. The summed E-state index contributed by atoms with van der Waals surface area (Å²) in [5.74, 6) is -0.0922. The maximum absolute atomic E-state index is 12.0. The summed E-state index contributed by atoms with van der Waals surface area (Å²) >= 11 is 9.36. The quantitative estimate of drug-likeness (QED) is 0.753. The third kappa shape index (κ3) is 4.80. The second kappa shape index (κ2) is 8.27. The van der Waals surface area contributed by atoms with E-state index in [0.717, 1.165) is 10.9 Å². The Kier molecular flexibility index (Phi) is 6.36. The van der Waals surface area contributed by atoms with Gasteiger partial charge >= 0.3 is 0 Å². The molecule has 1 amide bonds. The predicted octanol–water partition coefficient (Wildman–Crippen LogP) is 3.15. The number of hydrogen-bond acceptors (Lipinski definition) is 2. The Morgan fingerprint density at radius 1 is 1.36 bits per heavy atom. The average molecular weight is 384 g/mol. The second-order valence-corrected chi connectivity index (χ2v) is 6.17. The third-order valence-electron chi connectivity index (χ3n) is 3.36. The molecule has 0 spiro atoms. The molecule has 0 radical (unpaired) electrons. The van der Waals surface area contributed by atoms with Crippen molar-refractivity contribution in [1.82, 2.24) is 4.98 Å². The molecule has 0 aliphatic rings. The van der Waals surface area contributed by atoms with Gasteiger partial charge in [-0.15, -0.1) is 0 Å². The smallest absolute Gasteiger partial charge is 0.279 e. The van der Waals surface area contributed by atoms with Gasteiger partial charge in [0.15, 0.2) is 11.7 Å². The van der Waals surface area contributed by atoms with Gasteiger partial charge < -0.3 is 10.6 Å². The largest absolute Gasteiger partial charge is 0.332 e. The molecule has 0 aliphatic heterocycles. The van der Waals surface area contributed by atoms with Crippen LogP contribution in [0.1, 0.15) is 24.9 Å². The van der Waals surface area contributed by atoms with Gasteiger partial charge in [0.1, 0.15) is 6.04 Å². The van der Waals surface area contributed by atoms with E-state index in [1.165, 1.54) is 5.56 Å². The number of aromatic nitrogens is 1. The zero-order valence-corrected chi connectivity index (χ0v) is 14.6. The Morgan fingerprint density at radius 3 is 2.73 bits per heavy atom. The molecule has 1 heterocycles. The maximum Gasteiger partial charge on any atom is 0.279 e. The van der Waals surface area contributed by atoms with Crippen molar-refractivity contribution in [2.75, 3.05) is 11.9 Å². The van der Waals surface area contributed by atoms with Gasteiger partial charge in [0.25, 0.3) is 5.91 Å². The van der Waals surface area contributed by atoms with Crippen LogP contribution in [-0.4, -0.2) is 17.4 Å². The average Bonchev–Trinajstić information content (AvgIpc) is 2.52. The van der Waals surface area contributed by atoms with Gasteiger partial charge in [-0.3, -0.25) is 4.79 Å². The molecular weight excluding hydrogens is 366 g/mol. The fraction of sp³-hybridized carbons (Fsp3) is 0.250. The van der Waals surface area contributed by atoms with Crippen LogP contribution in [0.3, 0.4) is 0 Å². The van der Waals surface area contributed by atoms with Crippen LogP contribution in [0.4, 0.5) is 5.69 Å². The summed E-state index contributed by atoms with van der Waals surface area (Å²) in [4.78, 5) is 16.0. The lowest BCUT2D eigenvalue weighted by Gasteiger charge is -2.14. The van der Waals surface area contributed by atoms with E-state index in [1.807, 2.05) is 17.4 Å². The summed E-state index contributed by atoms with van der Waals surface area (Å²) in [6.07, 6.45) is 2.54. The molecule has 0 saturated carbocycles. The molecule has 6 heteroatoms. The van der Waals surface area contributed by atoms with Crippen LogP contribution in [0.25, 0.3) is 0 Å². The van der Waals surface area contributed by atoms with E-state index in [-0.39, 0.29) is 11.9 Å². The molecule has 0 saturated heterocycles.